The van der Waals surface area contributed by atoms with Gasteiger partial charge in [0.25, 0.3) is 0 Å². The minimum atomic E-state index is -0.595. The Bertz CT molecular complexity index is 1230. The standard InChI is InChI=1S/C24H28FN5O7/c1-15(31)26-11-18-12-30(24(35)37-18)16-2-3-20(19(25)8-16)29-6-4-28(5-7-29)13-23(34)27-10-17-9-21(32)22(33)14-36-17/h2-3,8-9,14,18,33H,4-7,10-13H2,1H3,(H,26,31)(H,27,34)/t18-/m0/s1. The van der Waals surface area contributed by atoms with Crippen LogP contribution in [0.5, 0.6) is 5.75 Å². The highest BCUT2D eigenvalue weighted by molar-refractivity contribution is 5.90. The second kappa shape index (κ2) is 11.3. The van der Waals surface area contributed by atoms with Crippen molar-refractivity contribution in [3.8, 4) is 5.75 Å². The number of aromatic hydroxyl groups is 1. The SMILES string of the molecule is CC(=O)NC[C@H]1CN(c2ccc(N3CCN(CC(=O)NCc4cc(=O)c(O)co4)CC3)c(F)c2)C(=O)O1. The first kappa shape index (κ1) is 25.9. The molecule has 2 fully saturated rings. The Morgan fingerprint density at radius 3 is 2.57 bits per heavy atom. The van der Waals surface area contributed by atoms with Crippen LogP contribution in [0.4, 0.5) is 20.6 Å². The maximum atomic E-state index is 15.0. The average Bonchev–Trinajstić information content (AvgIpc) is 3.24. The summed E-state index contributed by atoms with van der Waals surface area (Å²) >= 11 is 0. The van der Waals surface area contributed by atoms with E-state index in [0.717, 1.165) is 12.3 Å². The number of piperazine rings is 1. The topological polar surface area (TPSA) is 145 Å². The van der Waals surface area contributed by atoms with Gasteiger partial charge in [-0.3, -0.25) is 24.2 Å². The third-order valence-corrected chi connectivity index (χ3v) is 6.10. The lowest BCUT2D eigenvalue weighted by molar-refractivity contribution is -0.122. The van der Waals surface area contributed by atoms with Gasteiger partial charge in [0.05, 0.1) is 37.6 Å². The first-order valence-corrected chi connectivity index (χ1v) is 11.8. The van der Waals surface area contributed by atoms with Crippen molar-refractivity contribution in [3.05, 3.63) is 52.3 Å². The first-order valence-electron chi connectivity index (χ1n) is 11.8. The predicted octanol–water partition coefficient (Wildman–Crippen LogP) is 0.384. The van der Waals surface area contributed by atoms with Crippen LogP contribution >= 0.6 is 0 Å². The fraction of sp³-hybridized carbons (Fsp3) is 0.417. The molecule has 2 aliphatic heterocycles. The number of rotatable bonds is 8. The number of anilines is 2. The van der Waals surface area contributed by atoms with Gasteiger partial charge in [-0.25, -0.2) is 9.18 Å². The number of hydrogen-bond donors (Lipinski definition) is 3. The van der Waals surface area contributed by atoms with Crippen LogP contribution < -0.4 is 25.9 Å². The lowest BCUT2D eigenvalue weighted by atomic mass is 10.2. The van der Waals surface area contributed by atoms with Crippen molar-refractivity contribution >= 4 is 29.3 Å². The van der Waals surface area contributed by atoms with Gasteiger partial charge in [-0.15, -0.1) is 0 Å². The maximum absolute atomic E-state index is 15.0. The van der Waals surface area contributed by atoms with Crippen molar-refractivity contribution in [2.45, 2.75) is 19.6 Å². The summed E-state index contributed by atoms with van der Waals surface area (Å²) < 4.78 is 25.3. The van der Waals surface area contributed by atoms with Gasteiger partial charge < -0.3 is 29.8 Å². The minimum absolute atomic E-state index is 0.0183. The normalized spacial score (nSPS) is 18.0. The summed E-state index contributed by atoms with van der Waals surface area (Å²) in [6.07, 6.45) is -0.178. The summed E-state index contributed by atoms with van der Waals surface area (Å²) in [5, 5.41) is 14.5. The van der Waals surface area contributed by atoms with E-state index in [1.807, 2.05) is 9.80 Å². The molecule has 0 spiro atoms. The van der Waals surface area contributed by atoms with Crippen molar-refractivity contribution in [3.63, 3.8) is 0 Å². The molecule has 3 amide bonds. The first-order chi connectivity index (χ1) is 17.7. The molecule has 2 aromatic rings. The predicted molar refractivity (Wildman–Crippen MR) is 130 cm³/mol. The van der Waals surface area contributed by atoms with E-state index in [4.69, 9.17) is 9.15 Å². The Hall–Kier alpha value is -4.13. The number of cyclic esters (lactones) is 1. The number of benzene rings is 1. The molecule has 0 bridgehead atoms. The lowest BCUT2D eigenvalue weighted by Gasteiger charge is -2.36. The molecule has 0 saturated carbocycles. The summed E-state index contributed by atoms with van der Waals surface area (Å²) in [4.78, 5) is 52.1. The third-order valence-electron chi connectivity index (χ3n) is 6.10. The molecule has 198 valence electrons. The number of nitrogens with zero attached hydrogens (tertiary/aromatic N) is 3. The van der Waals surface area contributed by atoms with Gasteiger partial charge in [-0.05, 0) is 18.2 Å². The third kappa shape index (κ3) is 6.55. The number of carbonyl (C=O) groups excluding carboxylic acids is 3. The van der Waals surface area contributed by atoms with E-state index in [9.17, 15) is 28.7 Å². The highest BCUT2D eigenvalue weighted by Gasteiger charge is 2.33. The smallest absolute Gasteiger partial charge is 0.414 e. The molecule has 2 saturated heterocycles. The van der Waals surface area contributed by atoms with Gasteiger partial charge >= 0.3 is 6.09 Å². The summed E-state index contributed by atoms with van der Waals surface area (Å²) in [6, 6.07) is 5.68. The monoisotopic (exact) mass is 517 g/mol. The molecule has 13 heteroatoms. The minimum Gasteiger partial charge on any atom is -0.502 e. The van der Waals surface area contributed by atoms with Crippen LogP contribution in [0.3, 0.4) is 0 Å². The Kier molecular flexibility index (Phi) is 7.92. The van der Waals surface area contributed by atoms with E-state index >= 15 is 0 Å². The number of nitrogens with one attached hydrogen (secondary N) is 2. The fourth-order valence-electron chi connectivity index (χ4n) is 4.14. The van der Waals surface area contributed by atoms with Crippen molar-refractivity contribution in [1.29, 1.82) is 0 Å². The van der Waals surface area contributed by atoms with Gasteiger partial charge in [0.2, 0.25) is 17.2 Å². The molecular weight excluding hydrogens is 489 g/mol. The second-order valence-electron chi connectivity index (χ2n) is 8.82. The number of ether oxygens (including phenoxy) is 1. The van der Waals surface area contributed by atoms with Crippen LogP contribution in [0.2, 0.25) is 0 Å². The molecule has 37 heavy (non-hydrogen) atoms. The van der Waals surface area contributed by atoms with Crippen LogP contribution in [-0.2, 0) is 20.9 Å². The number of halogens is 1. The van der Waals surface area contributed by atoms with Crippen molar-refractivity contribution in [2.24, 2.45) is 0 Å². The van der Waals surface area contributed by atoms with Crippen LogP contribution in [0.25, 0.3) is 0 Å². The van der Waals surface area contributed by atoms with Crippen molar-refractivity contribution in [1.82, 2.24) is 15.5 Å². The molecule has 0 radical (unpaired) electrons. The quantitative estimate of drug-likeness (QED) is 0.453. The van der Waals surface area contributed by atoms with E-state index in [1.165, 1.54) is 17.9 Å². The molecule has 3 heterocycles. The summed E-state index contributed by atoms with van der Waals surface area (Å²) in [6.45, 7) is 3.99. The van der Waals surface area contributed by atoms with E-state index in [0.29, 0.717) is 37.6 Å². The summed E-state index contributed by atoms with van der Waals surface area (Å²) in [7, 11) is 0. The highest BCUT2D eigenvalue weighted by Crippen LogP contribution is 2.28. The summed E-state index contributed by atoms with van der Waals surface area (Å²) in [5.74, 6) is -1.23. The molecule has 0 aliphatic carbocycles. The average molecular weight is 518 g/mol. The molecule has 12 nitrogen and oxygen atoms in total. The number of carbonyl (C=O) groups is 3. The molecule has 3 N–H and O–H groups in total. The van der Waals surface area contributed by atoms with Gasteiger partial charge in [-0.2, -0.15) is 0 Å². The van der Waals surface area contributed by atoms with Gasteiger partial charge in [0.1, 0.15) is 23.9 Å². The largest absolute Gasteiger partial charge is 0.502 e. The molecule has 0 unspecified atom stereocenters. The van der Waals surface area contributed by atoms with Gasteiger partial charge in [0.15, 0.2) is 5.75 Å². The number of amides is 3. The van der Waals surface area contributed by atoms with Gasteiger partial charge in [0, 0.05) is 39.2 Å². The van der Waals surface area contributed by atoms with E-state index in [2.05, 4.69) is 10.6 Å². The molecule has 1 aromatic heterocycles. The molecule has 4 rings (SSSR count). The van der Waals surface area contributed by atoms with Crippen molar-refractivity contribution < 1.29 is 33.0 Å². The molecule has 1 atom stereocenters. The van der Waals surface area contributed by atoms with Crippen molar-refractivity contribution in [2.75, 3.05) is 55.6 Å². The Balaban J connectivity index is 1.26. The fourth-order valence-corrected chi connectivity index (χ4v) is 4.14. The van der Waals surface area contributed by atoms with Gasteiger partial charge in [-0.1, -0.05) is 0 Å². The zero-order valence-corrected chi connectivity index (χ0v) is 20.2. The second-order valence-corrected chi connectivity index (χ2v) is 8.82. The van der Waals surface area contributed by atoms with Crippen LogP contribution in [0, 0.1) is 5.82 Å². The zero-order valence-electron chi connectivity index (χ0n) is 20.2. The van der Waals surface area contributed by atoms with Crippen LogP contribution in [0.1, 0.15) is 12.7 Å². The summed E-state index contributed by atoms with van der Waals surface area (Å²) in [5.41, 5.74) is 0.187. The van der Waals surface area contributed by atoms with E-state index in [-0.39, 0.29) is 43.8 Å². The Labute approximate surface area is 211 Å². The van der Waals surface area contributed by atoms with Crippen LogP contribution in [0.15, 0.2) is 39.7 Å². The highest BCUT2D eigenvalue weighted by atomic mass is 19.1. The Morgan fingerprint density at radius 1 is 1.14 bits per heavy atom. The number of hydrogen-bond acceptors (Lipinski definition) is 9. The van der Waals surface area contributed by atoms with E-state index in [1.54, 1.807) is 12.1 Å². The van der Waals surface area contributed by atoms with Crippen LogP contribution in [-0.4, -0.2) is 79.8 Å². The van der Waals surface area contributed by atoms with E-state index < -0.39 is 29.2 Å². The molecule has 1 aromatic carbocycles. The zero-order chi connectivity index (χ0) is 26.5. The molecular formula is C24H28FN5O7. The maximum Gasteiger partial charge on any atom is 0.414 e. The Morgan fingerprint density at radius 2 is 1.89 bits per heavy atom. The lowest BCUT2D eigenvalue weighted by Crippen LogP contribution is -2.49. The molecule has 2 aliphatic rings.